The number of alkyl halides is 2. The molecule has 1 aromatic rings. The van der Waals surface area contributed by atoms with E-state index in [1.54, 1.807) is 4.90 Å². The van der Waals surface area contributed by atoms with Gasteiger partial charge in [0, 0.05) is 31.7 Å². The van der Waals surface area contributed by atoms with E-state index in [0.29, 0.717) is 26.2 Å². The lowest BCUT2D eigenvalue weighted by Crippen LogP contribution is -2.46. The fourth-order valence-corrected chi connectivity index (χ4v) is 2.42. The quantitative estimate of drug-likeness (QED) is 0.898. The van der Waals surface area contributed by atoms with Crippen LogP contribution in [0.5, 0.6) is 5.75 Å². The third-order valence-electron chi connectivity index (χ3n) is 3.20. The zero-order valence-corrected chi connectivity index (χ0v) is 10.8. The average Bonchev–Trinajstić information content (AvgIpc) is 2.40. The molecule has 1 saturated heterocycles. The van der Waals surface area contributed by atoms with Gasteiger partial charge in [-0.1, -0.05) is 17.7 Å². The summed E-state index contributed by atoms with van der Waals surface area (Å²) in [6.45, 7) is 2.06. The van der Waals surface area contributed by atoms with Gasteiger partial charge >= 0.3 is 0 Å². The Bertz CT molecular complexity index is 453. The Balaban J connectivity index is 2.36. The fraction of sp³-hybridized carbons (Fsp3) is 0.500. The minimum atomic E-state index is -2.69. The van der Waals surface area contributed by atoms with E-state index in [-0.39, 0.29) is 5.56 Å². The summed E-state index contributed by atoms with van der Waals surface area (Å²) >= 11 is 5.57. The first-order chi connectivity index (χ1) is 9.02. The minimum Gasteiger partial charge on any atom is -0.506 e. The van der Waals surface area contributed by atoms with E-state index in [1.807, 2.05) is 0 Å². The number of phenols is 1. The maximum absolute atomic E-state index is 13.3. The van der Waals surface area contributed by atoms with E-state index in [0.717, 1.165) is 12.1 Å². The van der Waals surface area contributed by atoms with Crippen molar-refractivity contribution in [3.8, 4) is 5.75 Å². The van der Waals surface area contributed by atoms with Gasteiger partial charge in [0.25, 0.3) is 6.43 Å². The molecule has 0 aliphatic carbocycles. The maximum Gasteiger partial charge on any atom is 0.258 e. The van der Waals surface area contributed by atoms with Crippen molar-refractivity contribution in [1.29, 1.82) is 0 Å². The van der Waals surface area contributed by atoms with Crippen molar-refractivity contribution in [2.45, 2.75) is 12.5 Å². The first-order valence-electron chi connectivity index (χ1n) is 5.92. The largest absolute Gasteiger partial charge is 0.506 e. The molecule has 0 bridgehead atoms. The molecule has 106 valence electrons. The monoisotopic (exact) mass is 294 g/mol. The van der Waals surface area contributed by atoms with Crippen LogP contribution < -0.4 is 5.32 Å². The first kappa shape index (κ1) is 14.4. The minimum absolute atomic E-state index is 0.0386. The summed E-state index contributed by atoms with van der Waals surface area (Å²) in [6, 6.07) is 0.880. The summed E-state index contributed by atoms with van der Waals surface area (Å²) in [7, 11) is 0. The van der Waals surface area contributed by atoms with Crippen LogP contribution in [0.1, 0.15) is 11.6 Å². The van der Waals surface area contributed by atoms with Crippen LogP contribution in [0, 0.1) is 5.82 Å². The van der Waals surface area contributed by atoms with Crippen molar-refractivity contribution < 1.29 is 18.3 Å². The Labute approximate surface area is 114 Å². The van der Waals surface area contributed by atoms with Gasteiger partial charge in [-0.25, -0.2) is 13.2 Å². The lowest BCUT2D eigenvalue weighted by atomic mass is 10.0. The number of aromatic hydroxyl groups is 1. The predicted octanol–water partition coefficient (Wildman–Crippen LogP) is 2.40. The molecule has 1 aliphatic rings. The van der Waals surface area contributed by atoms with Crippen molar-refractivity contribution in [3.63, 3.8) is 0 Å². The van der Waals surface area contributed by atoms with Gasteiger partial charge in [0.1, 0.15) is 22.6 Å². The molecule has 0 aromatic heterocycles. The van der Waals surface area contributed by atoms with Crippen molar-refractivity contribution in [2.75, 3.05) is 26.2 Å². The van der Waals surface area contributed by atoms with Crippen molar-refractivity contribution in [3.05, 3.63) is 28.5 Å². The molecule has 3 nitrogen and oxygen atoms in total. The maximum atomic E-state index is 13.3. The summed E-state index contributed by atoms with van der Waals surface area (Å²) in [6.07, 6.45) is -2.69. The van der Waals surface area contributed by atoms with E-state index in [9.17, 15) is 18.3 Å². The number of hydrogen-bond donors (Lipinski definition) is 2. The third kappa shape index (κ3) is 2.96. The molecule has 1 aliphatic heterocycles. The van der Waals surface area contributed by atoms with E-state index < -0.39 is 29.1 Å². The number of benzene rings is 1. The van der Waals surface area contributed by atoms with Crippen molar-refractivity contribution >= 4 is 11.6 Å². The standard InChI is InChI=1S/C12H14ClF3N2O/c13-9-8(14)2-1-7(11(9)19)10(12(15)16)18-5-3-17-4-6-18/h1-2,10,12,17,19H,3-6H2/t10-/m1/s1. The van der Waals surface area contributed by atoms with Crippen LogP contribution in [-0.4, -0.2) is 42.6 Å². The van der Waals surface area contributed by atoms with Crippen LogP contribution in [0.15, 0.2) is 12.1 Å². The van der Waals surface area contributed by atoms with Gasteiger partial charge in [0.05, 0.1) is 0 Å². The zero-order chi connectivity index (χ0) is 14.0. The smallest absolute Gasteiger partial charge is 0.258 e. The van der Waals surface area contributed by atoms with Crippen molar-refractivity contribution in [2.24, 2.45) is 0 Å². The van der Waals surface area contributed by atoms with Crippen LogP contribution in [0.3, 0.4) is 0 Å². The SMILES string of the molecule is Oc1c([C@H](C(F)F)N2CCNCC2)ccc(F)c1Cl. The molecule has 0 spiro atoms. The van der Waals surface area contributed by atoms with Gasteiger partial charge in [-0.15, -0.1) is 0 Å². The zero-order valence-electron chi connectivity index (χ0n) is 10.0. The normalized spacial score (nSPS) is 18.8. The highest BCUT2D eigenvalue weighted by atomic mass is 35.5. The average molecular weight is 295 g/mol. The van der Waals surface area contributed by atoms with Gasteiger partial charge in [0.2, 0.25) is 0 Å². The molecule has 0 radical (unpaired) electrons. The van der Waals surface area contributed by atoms with Crippen LogP contribution in [0.4, 0.5) is 13.2 Å². The highest BCUT2D eigenvalue weighted by Gasteiger charge is 2.33. The Kier molecular flexibility index (Phi) is 4.54. The highest BCUT2D eigenvalue weighted by molar-refractivity contribution is 6.32. The summed E-state index contributed by atoms with van der Waals surface area (Å²) in [4.78, 5) is 1.56. The fourth-order valence-electron chi connectivity index (χ4n) is 2.25. The van der Waals surface area contributed by atoms with Crippen LogP contribution in [0.2, 0.25) is 5.02 Å². The summed E-state index contributed by atoms with van der Waals surface area (Å²) in [5.41, 5.74) is -0.0386. The Hall–Kier alpha value is -0.980. The number of rotatable bonds is 3. The molecular weight excluding hydrogens is 281 g/mol. The van der Waals surface area contributed by atoms with E-state index in [2.05, 4.69) is 5.32 Å². The lowest BCUT2D eigenvalue weighted by Gasteiger charge is -2.35. The molecule has 2 rings (SSSR count). The van der Waals surface area contributed by atoms with E-state index in [1.165, 1.54) is 0 Å². The van der Waals surface area contributed by atoms with Gasteiger partial charge in [-0.3, -0.25) is 4.90 Å². The van der Waals surface area contributed by atoms with Crippen molar-refractivity contribution in [1.82, 2.24) is 10.2 Å². The molecule has 7 heteroatoms. The summed E-state index contributed by atoms with van der Waals surface area (Å²) < 4.78 is 39.7. The first-order valence-corrected chi connectivity index (χ1v) is 6.30. The molecule has 0 unspecified atom stereocenters. The van der Waals surface area contributed by atoms with Gasteiger partial charge in [0.15, 0.2) is 0 Å². The molecule has 19 heavy (non-hydrogen) atoms. The second-order valence-electron chi connectivity index (χ2n) is 4.36. The Morgan fingerprint density at radius 2 is 1.89 bits per heavy atom. The number of nitrogens with one attached hydrogen (secondary N) is 1. The highest BCUT2D eigenvalue weighted by Crippen LogP contribution is 2.38. The molecule has 1 fully saturated rings. The lowest BCUT2D eigenvalue weighted by molar-refractivity contribution is 0.0170. The second-order valence-corrected chi connectivity index (χ2v) is 4.74. The third-order valence-corrected chi connectivity index (χ3v) is 3.56. The molecule has 0 amide bonds. The number of hydrogen-bond acceptors (Lipinski definition) is 3. The Morgan fingerprint density at radius 3 is 2.47 bits per heavy atom. The van der Waals surface area contributed by atoms with Gasteiger partial charge in [-0.05, 0) is 6.07 Å². The van der Waals surface area contributed by atoms with Crippen LogP contribution in [-0.2, 0) is 0 Å². The summed E-state index contributed by atoms with van der Waals surface area (Å²) in [5, 5.41) is 12.3. The number of halogens is 4. The summed E-state index contributed by atoms with van der Waals surface area (Å²) in [5.74, 6) is -1.43. The Morgan fingerprint density at radius 1 is 1.26 bits per heavy atom. The molecular formula is C12H14ClF3N2O. The van der Waals surface area contributed by atoms with Crippen LogP contribution >= 0.6 is 11.6 Å². The number of piperazine rings is 1. The number of nitrogens with zero attached hydrogens (tertiary/aromatic N) is 1. The molecule has 2 N–H and O–H groups in total. The van der Waals surface area contributed by atoms with Gasteiger partial charge in [-0.2, -0.15) is 0 Å². The molecule has 1 atom stereocenters. The predicted molar refractivity (Wildman–Crippen MR) is 66.3 cm³/mol. The molecule has 1 aromatic carbocycles. The molecule has 0 saturated carbocycles. The second kappa shape index (κ2) is 5.98. The molecule has 1 heterocycles. The van der Waals surface area contributed by atoms with E-state index >= 15 is 0 Å². The topological polar surface area (TPSA) is 35.5 Å². The van der Waals surface area contributed by atoms with Crippen LogP contribution in [0.25, 0.3) is 0 Å². The van der Waals surface area contributed by atoms with Gasteiger partial charge < -0.3 is 10.4 Å². The van der Waals surface area contributed by atoms with E-state index in [4.69, 9.17) is 11.6 Å². The number of phenolic OH excluding ortho intramolecular Hbond substituents is 1.